The lowest BCUT2D eigenvalue weighted by Gasteiger charge is -2.23. The van der Waals surface area contributed by atoms with Gasteiger partial charge in [-0.05, 0) is 32.3 Å². The SMILES string of the molecule is CCn1cc(Cl)cc1C(=O)N1C2CCC1C(C(=O)O)C2. The van der Waals surface area contributed by atoms with E-state index in [-0.39, 0.29) is 18.0 Å². The van der Waals surface area contributed by atoms with Gasteiger partial charge in [0.2, 0.25) is 0 Å². The van der Waals surface area contributed by atoms with Crippen molar-refractivity contribution in [2.75, 3.05) is 0 Å². The molecule has 1 amide bonds. The van der Waals surface area contributed by atoms with Crippen LogP contribution in [0.1, 0.15) is 36.7 Å². The summed E-state index contributed by atoms with van der Waals surface area (Å²) in [4.78, 5) is 25.8. The normalized spacial score (nSPS) is 28.1. The van der Waals surface area contributed by atoms with Gasteiger partial charge >= 0.3 is 5.97 Å². The topological polar surface area (TPSA) is 62.5 Å². The highest BCUT2D eigenvalue weighted by Crippen LogP contribution is 2.42. The summed E-state index contributed by atoms with van der Waals surface area (Å²) < 4.78 is 1.82. The summed E-state index contributed by atoms with van der Waals surface area (Å²) in [5, 5.41) is 9.78. The summed E-state index contributed by atoms with van der Waals surface area (Å²) in [7, 11) is 0. The molecule has 3 unspecified atom stereocenters. The third-order valence-electron chi connectivity index (χ3n) is 4.51. The second-order valence-corrected chi connectivity index (χ2v) is 5.96. The van der Waals surface area contributed by atoms with E-state index in [2.05, 4.69) is 0 Å². The average Bonchev–Trinajstić information content (AvgIpc) is 3.09. The summed E-state index contributed by atoms with van der Waals surface area (Å²) in [6.45, 7) is 2.62. The molecule has 2 saturated heterocycles. The maximum Gasteiger partial charge on any atom is 0.308 e. The first-order valence-electron chi connectivity index (χ1n) is 6.94. The van der Waals surface area contributed by atoms with Crippen LogP contribution in [0.3, 0.4) is 0 Å². The van der Waals surface area contributed by atoms with Crippen molar-refractivity contribution >= 4 is 23.5 Å². The molecular formula is C14H17ClN2O3. The fourth-order valence-electron chi connectivity index (χ4n) is 3.62. The first-order valence-corrected chi connectivity index (χ1v) is 7.31. The lowest BCUT2D eigenvalue weighted by atomic mass is 9.89. The summed E-state index contributed by atoms with van der Waals surface area (Å²) in [5.74, 6) is -1.30. The van der Waals surface area contributed by atoms with Gasteiger partial charge in [0.25, 0.3) is 5.91 Å². The minimum atomic E-state index is -0.793. The van der Waals surface area contributed by atoms with Crippen molar-refractivity contribution in [3.63, 3.8) is 0 Å². The molecule has 3 rings (SSSR count). The lowest BCUT2D eigenvalue weighted by Crippen LogP contribution is -2.38. The van der Waals surface area contributed by atoms with Gasteiger partial charge in [-0.15, -0.1) is 0 Å². The summed E-state index contributed by atoms with van der Waals surface area (Å²) in [6, 6.07) is 1.57. The molecule has 6 heteroatoms. The van der Waals surface area contributed by atoms with Gasteiger partial charge in [-0.2, -0.15) is 0 Å². The Morgan fingerprint density at radius 1 is 1.45 bits per heavy atom. The Labute approximate surface area is 122 Å². The van der Waals surface area contributed by atoms with E-state index in [9.17, 15) is 14.7 Å². The number of carbonyl (C=O) groups excluding carboxylic acids is 1. The number of aryl methyl sites for hydroxylation is 1. The summed E-state index contributed by atoms with van der Waals surface area (Å²) in [5.41, 5.74) is 0.556. The van der Waals surface area contributed by atoms with Crippen LogP contribution < -0.4 is 0 Å². The van der Waals surface area contributed by atoms with Crippen LogP contribution in [0.15, 0.2) is 12.3 Å². The Kier molecular flexibility index (Phi) is 3.24. The third kappa shape index (κ3) is 1.92. The highest BCUT2D eigenvalue weighted by molar-refractivity contribution is 6.31. The number of fused-ring (bicyclic) bond motifs is 2. The molecule has 2 fully saturated rings. The van der Waals surface area contributed by atoms with Crippen LogP contribution >= 0.6 is 11.6 Å². The van der Waals surface area contributed by atoms with Gasteiger partial charge in [0.05, 0.1) is 10.9 Å². The van der Waals surface area contributed by atoms with Crippen LogP contribution in [-0.2, 0) is 11.3 Å². The molecule has 2 aliphatic rings. The van der Waals surface area contributed by atoms with Gasteiger partial charge < -0.3 is 14.6 Å². The minimum Gasteiger partial charge on any atom is -0.481 e. The number of aliphatic carboxylic acids is 1. The Morgan fingerprint density at radius 3 is 2.80 bits per heavy atom. The molecule has 0 radical (unpaired) electrons. The summed E-state index contributed by atoms with van der Waals surface area (Å²) in [6.07, 6.45) is 4.00. The van der Waals surface area contributed by atoms with Crippen molar-refractivity contribution in [3.05, 3.63) is 23.0 Å². The van der Waals surface area contributed by atoms with Crippen LogP contribution in [-0.4, -0.2) is 38.5 Å². The number of carboxylic acid groups (broad SMARTS) is 1. The second kappa shape index (κ2) is 4.81. The van der Waals surface area contributed by atoms with E-state index in [0.717, 1.165) is 12.8 Å². The number of amides is 1. The number of carboxylic acids is 1. The first kappa shape index (κ1) is 13.5. The van der Waals surface area contributed by atoms with Gasteiger partial charge in [-0.25, -0.2) is 0 Å². The molecule has 1 N–H and O–H groups in total. The molecule has 2 aliphatic heterocycles. The van der Waals surface area contributed by atoms with E-state index in [1.54, 1.807) is 17.2 Å². The molecule has 0 aromatic carbocycles. The van der Waals surface area contributed by atoms with Gasteiger partial charge in [0.15, 0.2) is 0 Å². The van der Waals surface area contributed by atoms with Crippen molar-refractivity contribution in [3.8, 4) is 0 Å². The number of carbonyl (C=O) groups is 2. The zero-order valence-electron chi connectivity index (χ0n) is 11.3. The molecular weight excluding hydrogens is 280 g/mol. The predicted octanol–water partition coefficient (Wildman–Crippen LogP) is 2.24. The molecule has 0 saturated carbocycles. The molecule has 0 aliphatic carbocycles. The van der Waals surface area contributed by atoms with E-state index >= 15 is 0 Å². The van der Waals surface area contributed by atoms with Gasteiger partial charge in [0.1, 0.15) is 5.69 Å². The monoisotopic (exact) mass is 296 g/mol. The zero-order chi connectivity index (χ0) is 14.4. The standard InChI is InChI=1S/C14H17ClN2O3/c1-2-16-7-8(15)5-12(16)13(18)17-9-3-4-11(17)10(6-9)14(19)20/h5,7,9-11H,2-4,6H2,1H3,(H,19,20). The smallest absolute Gasteiger partial charge is 0.308 e. The summed E-state index contributed by atoms with van der Waals surface area (Å²) >= 11 is 5.98. The number of rotatable bonds is 3. The molecule has 0 spiro atoms. The molecule has 1 aromatic rings. The number of halogens is 1. The van der Waals surface area contributed by atoms with E-state index in [1.165, 1.54) is 0 Å². The predicted molar refractivity (Wildman–Crippen MR) is 73.8 cm³/mol. The minimum absolute atomic E-state index is 0.0626. The zero-order valence-corrected chi connectivity index (χ0v) is 12.0. The van der Waals surface area contributed by atoms with Crippen molar-refractivity contribution in [1.29, 1.82) is 0 Å². The van der Waals surface area contributed by atoms with Gasteiger partial charge in [-0.3, -0.25) is 9.59 Å². The molecule has 3 heterocycles. The molecule has 5 nitrogen and oxygen atoms in total. The quantitative estimate of drug-likeness (QED) is 0.930. The average molecular weight is 297 g/mol. The fourth-order valence-corrected chi connectivity index (χ4v) is 3.84. The van der Waals surface area contributed by atoms with Crippen molar-refractivity contribution < 1.29 is 14.7 Å². The molecule has 2 bridgehead atoms. The highest BCUT2D eigenvalue weighted by Gasteiger charge is 2.51. The maximum atomic E-state index is 12.7. The van der Waals surface area contributed by atoms with Crippen LogP contribution in [0.5, 0.6) is 0 Å². The van der Waals surface area contributed by atoms with Crippen LogP contribution in [0.2, 0.25) is 5.02 Å². The van der Waals surface area contributed by atoms with Crippen LogP contribution in [0.4, 0.5) is 0 Å². The van der Waals surface area contributed by atoms with Gasteiger partial charge in [-0.1, -0.05) is 11.6 Å². The Morgan fingerprint density at radius 2 is 2.20 bits per heavy atom. The first-order chi connectivity index (χ1) is 9.52. The van der Waals surface area contributed by atoms with Crippen molar-refractivity contribution in [2.24, 2.45) is 5.92 Å². The molecule has 108 valence electrons. The van der Waals surface area contributed by atoms with E-state index in [0.29, 0.717) is 23.7 Å². The number of hydrogen-bond acceptors (Lipinski definition) is 2. The Hall–Kier alpha value is -1.49. The van der Waals surface area contributed by atoms with E-state index in [1.807, 2.05) is 11.5 Å². The fraction of sp³-hybridized carbons (Fsp3) is 0.571. The lowest BCUT2D eigenvalue weighted by molar-refractivity contribution is -0.142. The number of nitrogens with zero attached hydrogens (tertiary/aromatic N) is 2. The van der Waals surface area contributed by atoms with Crippen LogP contribution in [0.25, 0.3) is 0 Å². The molecule has 20 heavy (non-hydrogen) atoms. The van der Waals surface area contributed by atoms with E-state index in [4.69, 9.17) is 11.6 Å². The highest BCUT2D eigenvalue weighted by atomic mass is 35.5. The van der Waals surface area contributed by atoms with Crippen LogP contribution in [0, 0.1) is 5.92 Å². The second-order valence-electron chi connectivity index (χ2n) is 5.52. The molecule has 3 atom stereocenters. The van der Waals surface area contributed by atoms with Gasteiger partial charge in [0, 0.05) is 24.8 Å². The molecule has 1 aromatic heterocycles. The Balaban J connectivity index is 1.90. The van der Waals surface area contributed by atoms with Crippen molar-refractivity contribution in [2.45, 2.75) is 44.8 Å². The maximum absolute atomic E-state index is 12.7. The largest absolute Gasteiger partial charge is 0.481 e. The Bertz CT molecular complexity index is 569. The third-order valence-corrected chi connectivity index (χ3v) is 4.72. The number of hydrogen-bond donors (Lipinski definition) is 1. The number of aromatic nitrogens is 1. The van der Waals surface area contributed by atoms with E-state index < -0.39 is 11.9 Å². The van der Waals surface area contributed by atoms with Crippen molar-refractivity contribution in [1.82, 2.24) is 9.47 Å².